The summed E-state index contributed by atoms with van der Waals surface area (Å²) in [5, 5.41) is 2.86. The van der Waals surface area contributed by atoms with Gasteiger partial charge in [0, 0.05) is 0 Å². The molecule has 0 saturated carbocycles. The molecule has 0 spiro atoms. The standard InChI is InChI=1S/C19H24N2O2/c1-14(2)12-16(20)19(22)21-17-10-6-7-11-18(17)23-13-15-8-4-3-5-9-15/h3-11,14,16H,12-13,20H2,1-2H3,(H,21,22)/t16-/m0/s1. The van der Waals surface area contributed by atoms with Crippen molar-refractivity contribution in [2.75, 3.05) is 5.32 Å². The number of nitrogens with one attached hydrogen (secondary N) is 1. The topological polar surface area (TPSA) is 64.4 Å². The van der Waals surface area contributed by atoms with Crippen LogP contribution in [0.5, 0.6) is 5.75 Å². The van der Waals surface area contributed by atoms with Gasteiger partial charge in [0.2, 0.25) is 5.91 Å². The number of carbonyl (C=O) groups is 1. The summed E-state index contributed by atoms with van der Waals surface area (Å²) in [6.45, 7) is 4.54. The fraction of sp³-hybridized carbons (Fsp3) is 0.316. The van der Waals surface area contributed by atoms with Crippen molar-refractivity contribution >= 4 is 11.6 Å². The average molecular weight is 312 g/mol. The van der Waals surface area contributed by atoms with Gasteiger partial charge in [-0.05, 0) is 30.0 Å². The summed E-state index contributed by atoms with van der Waals surface area (Å²) < 4.78 is 5.83. The van der Waals surface area contributed by atoms with E-state index in [0.717, 1.165) is 5.56 Å². The lowest BCUT2D eigenvalue weighted by molar-refractivity contribution is -0.117. The predicted octanol–water partition coefficient (Wildman–Crippen LogP) is 3.58. The molecule has 0 unspecified atom stereocenters. The van der Waals surface area contributed by atoms with Gasteiger partial charge in [-0.3, -0.25) is 4.79 Å². The van der Waals surface area contributed by atoms with E-state index in [4.69, 9.17) is 10.5 Å². The monoisotopic (exact) mass is 312 g/mol. The van der Waals surface area contributed by atoms with Gasteiger partial charge in [0.15, 0.2) is 0 Å². The van der Waals surface area contributed by atoms with Gasteiger partial charge in [0.1, 0.15) is 12.4 Å². The fourth-order valence-electron chi connectivity index (χ4n) is 2.27. The molecule has 4 heteroatoms. The second-order valence-corrected chi connectivity index (χ2v) is 6.00. The van der Waals surface area contributed by atoms with Gasteiger partial charge in [-0.25, -0.2) is 0 Å². The molecule has 0 heterocycles. The molecular weight excluding hydrogens is 288 g/mol. The SMILES string of the molecule is CC(C)C[C@H](N)C(=O)Nc1ccccc1OCc1ccccc1. The Morgan fingerprint density at radius 1 is 1.09 bits per heavy atom. The second-order valence-electron chi connectivity index (χ2n) is 6.00. The van der Waals surface area contributed by atoms with Crippen molar-refractivity contribution in [3.05, 3.63) is 60.2 Å². The molecule has 1 atom stereocenters. The number of carbonyl (C=O) groups excluding carboxylic acids is 1. The summed E-state index contributed by atoms with van der Waals surface area (Å²) in [5.74, 6) is 0.830. The first kappa shape index (κ1) is 17.0. The van der Waals surface area contributed by atoms with E-state index in [2.05, 4.69) is 5.32 Å². The zero-order chi connectivity index (χ0) is 16.7. The number of hydrogen-bond acceptors (Lipinski definition) is 3. The number of benzene rings is 2. The Balaban J connectivity index is 2.01. The number of rotatable bonds is 7. The lowest BCUT2D eigenvalue weighted by Gasteiger charge is -2.16. The first-order chi connectivity index (χ1) is 11.1. The Labute approximate surface area is 137 Å². The highest BCUT2D eigenvalue weighted by Crippen LogP contribution is 2.25. The molecule has 0 saturated heterocycles. The molecule has 122 valence electrons. The van der Waals surface area contributed by atoms with Gasteiger partial charge < -0.3 is 15.8 Å². The summed E-state index contributed by atoms with van der Waals surface area (Å²) in [4.78, 5) is 12.2. The van der Waals surface area contributed by atoms with E-state index in [1.54, 1.807) is 0 Å². The number of ether oxygens (including phenoxy) is 1. The van der Waals surface area contributed by atoms with Crippen molar-refractivity contribution in [3.8, 4) is 5.75 Å². The van der Waals surface area contributed by atoms with Crippen LogP contribution in [0.3, 0.4) is 0 Å². The third kappa shape index (κ3) is 5.42. The summed E-state index contributed by atoms with van der Waals surface area (Å²) in [7, 11) is 0. The molecule has 0 aliphatic carbocycles. The minimum absolute atomic E-state index is 0.186. The highest BCUT2D eigenvalue weighted by Gasteiger charge is 2.16. The molecule has 1 amide bonds. The highest BCUT2D eigenvalue weighted by molar-refractivity contribution is 5.95. The molecule has 0 bridgehead atoms. The molecule has 0 aliphatic rings. The molecule has 0 fully saturated rings. The van der Waals surface area contributed by atoms with E-state index in [1.165, 1.54) is 0 Å². The Morgan fingerprint density at radius 2 is 1.74 bits per heavy atom. The Kier molecular flexibility index (Phi) is 6.18. The maximum atomic E-state index is 12.2. The maximum absolute atomic E-state index is 12.2. The molecule has 0 aromatic heterocycles. The summed E-state index contributed by atoms with van der Waals surface area (Å²) >= 11 is 0. The molecule has 2 rings (SSSR count). The highest BCUT2D eigenvalue weighted by atomic mass is 16.5. The Bertz CT molecular complexity index is 626. The lowest BCUT2D eigenvalue weighted by atomic mass is 10.0. The molecule has 23 heavy (non-hydrogen) atoms. The fourth-order valence-corrected chi connectivity index (χ4v) is 2.27. The molecule has 2 aromatic carbocycles. The minimum atomic E-state index is -0.517. The van der Waals surface area contributed by atoms with Crippen molar-refractivity contribution in [2.45, 2.75) is 32.9 Å². The van der Waals surface area contributed by atoms with Crippen molar-refractivity contribution in [3.63, 3.8) is 0 Å². The van der Waals surface area contributed by atoms with Crippen LogP contribution in [0.2, 0.25) is 0 Å². The van der Waals surface area contributed by atoms with Gasteiger partial charge in [-0.15, -0.1) is 0 Å². The van der Waals surface area contributed by atoms with Crippen LogP contribution in [0, 0.1) is 5.92 Å². The van der Waals surface area contributed by atoms with E-state index in [9.17, 15) is 4.79 Å². The smallest absolute Gasteiger partial charge is 0.241 e. The Morgan fingerprint density at radius 3 is 2.43 bits per heavy atom. The zero-order valence-corrected chi connectivity index (χ0v) is 13.7. The number of anilines is 1. The van der Waals surface area contributed by atoms with Gasteiger partial charge in [0.25, 0.3) is 0 Å². The quantitative estimate of drug-likeness (QED) is 0.821. The number of amides is 1. The third-order valence-electron chi connectivity index (χ3n) is 3.44. The van der Waals surface area contributed by atoms with Gasteiger partial charge in [0.05, 0.1) is 11.7 Å². The number of para-hydroxylation sites is 2. The van der Waals surface area contributed by atoms with E-state index in [-0.39, 0.29) is 5.91 Å². The van der Waals surface area contributed by atoms with E-state index in [1.807, 2.05) is 68.4 Å². The van der Waals surface area contributed by atoms with Crippen LogP contribution in [-0.2, 0) is 11.4 Å². The van der Waals surface area contributed by atoms with Crippen LogP contribution in [0.1, 0.15) is 25.8 Å². The van der Waals surface area contributed by atoms with Crippen LogP contribution < -0.4 is 15.8 Å². The Hall–Kier alpha value is -2.33. The van der Waals surface area contributed by atoms with Gasteiger partial charge in [-0.1, -0.05) is 56.3 Å². The van der Waals surface area contributed by atoms with Crippen LogP contribution in [-0.4, -0.2) is 11.9 Å². The molecular formula is C19H24N2O2. The molecule has 0 aliphatic heterocycles. The van der Waals surface area contributed by atoms with Crippen molar-refractivity contribution in [1.29, 1.82) is 0 Å². The molecule has 4 nitrogen and oxygen atoms in total. The van der Waals surface area contributed by atoms with E-state index < -0.39 is 6.04 Å². The second kappa shape index (κ2) is 8.34. The van der Waals surface area contributed by atoms with Crippen LogP contribution in [0.4, 0.5) is 5.69 Å². The van der Waals surface area contributed by atoms with E-state index >= 15 is 0 Å². The van der Waals surface area contributed by atoms with Crippen LogP contribution in [0.15, 0.2) is 54.6 Å². The number of hydrogen-bond donors (Lipinski definition) is 2. The first-order valence-electron chi connectivity index (χ1n) is 7.88. The van der Waals surface area contributed by atoms with Gasteiger partial charge in [-0.2, -0.15) is 0 Å². The summed E-state index contributed by atoms with van der Waals surface area (Å²) in [6, 6.07) is 16.8. The van der Waals surface area contributed by atoms with Crippen molar-refractivity contribution < 1.29 is 9.53 Å². The maximum Gasteiger partial charge on any atom is 0.241 e. The van der Waals surface area contributed by atoms with Crippen LogP contribution >= 0.6 is 0 Å². The van der Waals surface area contributed by atoms with Crippen LogP contribution in [0.25, 0.3) is 0 Å². The summed E-state index contributed by atoms with van der Waals surface area (Å²) in [5.41, 5.74) is 7.65. The number of nitrogens with two attached hydrogens (primary N) is 1. The van der Waals surface area contributed by atoms with Gasteiger partial charge >= 0.3 is 0 Å². The largest absolute Gasteiger partial charge is 0.487 e. The lowest BCUT2D eigenvalue weighted by Crippen LogP contribution is -2.36. The molecule has 2 aromatic rings. The third-order valence-corrected chi connectivity index (χ3v) is 3.44. The normalized spacial score (nSPS) is 12.0. The summed E-state index contributed by atoms with van der Waals surface area (Å²) in [6.07, 6.45) is 0.652. The molecule has 3 N–H and O–H groups in total. The minimum Gasteiger partial charge on any atom is -0.487 e. The van der Waals surface area contributed by atoms with E-state index in [0.29, 0.717) is 30.4 Å². The molecule has 0 radical (unpaired) electrons. The van der Waals surface area contributed by atoms with Crippen molar-refractivity contribution in [2.24, 2.45) is 11.7 Å². The average Bonchev–Trinajstić information content (AvgIpc) is 2.54. The first-order valence-corrected chi connectivity index (χ1v) is 7.88. The zero-order valence-electron chi connectivity index (χ0n) is 13.7. The predicted molar refractivity (Wildman–Crippen MR) is 93.3 cm³/mol. The van der Waals surface area contributed by atoms with Crippen molar-refractivity contribution in [1.82, 2.24) is 0 Å².